The summed E-state index contributed by atoms with van der Waals surface area (Å²) in [5.41, 5.74) is 0.448. The fraction of sp³-hybridized carbons (Fsp3) is 0.600. The maximum absolute atomic E-state index is 12.2. The van der Waals surface area contributed by atoms with Crippen LogP contribution in [-0.4, -0.2) is 54.5 Å². The van der Waals surface area contributed by atoms with E-state index >= 15 is 0 Å². The van der Waals surface area contributed by atoms with Gasteiger partial charge >= 0.3 is 12.2 Å². The summed E-state index contributed by atoms with van der Waals surface area (Å²) in [6.45, 7) is 7.40. The highest BCUT2D eigenvalue weighted by Crippen LogP contribution is 2.33. The number of hydrogen-bond acceptors (Lipinski definition) is 5. The minimum Gasteiger partial charge on any atom is -0.445 e. The van der Waals surface area contributed by atoms with Gasteiger partial charge in [-0.05, 0) is 32.8 Å². The van der Waals surface area contributed by atoms with Gasteiger partial charge in [-0.1, -0.05) is 30.3 Å². The molecule has 0 bridgehead atoms. The maximum Gasteiger partial charge on any atom is 0.410 e. The van der Waals surface area contributed by atoms with Gasteiger partial charge in [0.15, 0.2) is 0 Å². The number of amides is 2. The van der Waals surface area contributed by atoms with Gasteiger partial charge in [-0.15, -0.1) is 0 Å². The molecule has 7 heteroatoms. The fourth-order valence-electron chi connectivity index (χ4n) is 3.44. The number of fused-ring (bicyclic) bond motifs is 1. The van der Waals surface area contributed by atoms with E-state index in [4.69, 9.17) is 14.2 Å². The van der Waals surface area contributed by atoms with Crippen LogP contribution >= 0.6 is 0 Å². The zero-order valence-corrected chi connectivity index (χ0v) is 16.1. The van der Waals surface area contributed by atoms with Crippen molar-refractivity contribution in [2.24, 2.45) is 5.92 Å². The van der Waals surface area contributed by atoms with E-state index in [2.05, 4.69) is 5.32 Å². The Morgan fingerprint density at radius 1 is 1.22 bits per heavy atom. The number of alkyl carbamates (subject to hydrolysis) is 1. The molecule has 1 N–H and O–H groups in total. The van der Waals surface area contributed by atoms with E-state index in [-0.39, 0.29) is 30.8 Å². The second-order valence-corrected chi connectivity index (χ2v) is 8.12. The van der Waals surface area contributed by atoms with Gasteiger partial charge in [0.05, 0.1) is 18.8 Å². The summed E-state index contributed by atoms with van der Waals surface area (Å²) in [5, 5.41) is 2.76. The molecule has 0 unspecified atom stereocenters. The van der Waals surface area contributed by atoms with Crippen molar-refractivity contribution in [2.45, 2.75) is 51.6 Å². The molecule has 0 aliphatic carbocycles. The van der Waals surface area contributed by atoms with Crippen LogP contribution < -0.4 is 5.32 Å². The number of hydrogen-bond donors (Lipinski definition) is 1. The number of carbonyl (C=O) groups is 2. The van der Waals surface area contributed by atoms with Crippen molar-refractivity contribution >= 4 is 12.2 Å². The standard InChI is InChI=1S/C20H28N2O5/c1-20(2,3)27-19(24)22-11-15-9-16(26-17(15)12-22)10-21-18(23)25-13-14-7-5-4-6-8-14/h4-8,15-17H,9-13H2,1-3H3,(H,21,23)/t15-,16-,17+/m1/s1. The van der Waals surface area contributed by atoms with Gasteiger partial charge in [0.2, 0.25) is 0 Å². The Kier molecular flexibility index (Phi) is 5.89. The van der Waals surface area contributed by atoms with Crippen LogP contribution in [0, 0.1) is 5.92 Å². The Bertz CT molecular complexity index is 644. The molecule has 3 atom stereocenters. The fourth-order valence-corrected chi connectivity index (χ4v) is 3.44. The predicted octanol–water partition coefficient (Wildman–Crippen LogP) is 2.94. The highest BCUT2D eigenvalue weighted by molar-refractivity contribution is 5.68. The van der Waals surface area contributed by atoms with Gasteiger partial charge in [0.1, 0.15) is 12.2 Å². The number of rotatable bonds is 4. The molecule has 2 aliphatic heterocycles. The quantitative estimate of drug-likeness (QED) is 0.874. The average Bonchev–Trinajstić information content (AvgIpc) is 3.16. The second kappa shape index (κ2) is 8.17. The summed E-state index contributed by atoms with van der Waals surface area (Å²) in [6, 6.07) is 9.54. The molecule has 1 aromatic rings. The predicted molar refractivity (Wildman–Crippen MR) is 99.2 cm³/mol. The molecule has 2 heterocycles. The van der Waals surface area contributed by atoms with Gasteiger partial charge in [0.25, 0.3) is 0 Å². The smallest absolute Gasteiger partial charge is 0.410 e. The van der Waals surface area contributed by atoms with Crippen molar-refractivity contribution in [1.82, 2.24) is 10.2 Å². The van der Waals surface area contributed by atoms with E-state index in [1.165, 1.54) is 0 Å². The first-order valence-corrected chi connectivity index (χ1v) is 9.38. The first-order valence-electron chi connectivity index (χ1n) is 9.38. The SMILES string of the molecule is CC(C)(C)OC(=O)N1C[C@H]2C[C@H](CNC(=O)OCc3ccccc3)O[C@H]2C1. The summed E-state index contributed by atoms with van der Waals surface area (Å²) in [7, 11) is 0. The number of carbonyl (C=O) groups excluding carboxylic acids is 2. The van der Waals surface area contributed by atoms with Gasteiger partial charge in [-0.3, -0.25) is 0 Å². The van der Waals surface area contributed by atoms with Crippen molar-refractivity contribution in [2.75, 3.05) is 19.6 Å². The van der Waals surface area contributed by atoms with E-state index < -0.39 is 11.7 Å². The lowest BCUT2D eigenvalue weighted by Gasteiger charge is -2.25. The van der Waals surface area contributed by atoms with Gasteiger partial charge in [-0.25, -0.2) is 9.59 Å². The summed E-state index contributed by atoms with van der Waals surface area (Å²) in [6.07, 6.45) is 0.0208. The zero-order chi connectivity index (χ0) is 19.4. The Balaban J connectivity index is 1.36. The van der Waals surface area contributed by atoms with Crippen LogP contribution in [0.4, 0.5) is 9.59 Å². The van der Waals surface area contributed by atoms with Crippen LogP contribution in [0.2, 0.25) is 0 Å². The molecule has 7 nitrogen and oxygen atoms in total. The van der Waals surface area contributed by atoms with E-state index in [0.29, 0.717) is 19.6 Å². The number of likely N-dealkylation sites (tertiary alicyclic amines) is 1. The average molecular weight is 376 g/mol. The molecule has 2 amide bonds. The van der Waals surface area contributed by atoms with E-state index in [1.54, 1.807) is 4.90 Å². The Morgan fingerprint density at radius 2 is 1.96 bits per heavy atom. The molecule has 27 heavy (non-hydrogen) atoms. The largest absolute Gasteiger partial charge is 0.445 e. The molecule has 2 saturated heterocycles. The van der Waals surface area contributed by atoms with Crippen molar-refractivity contribution in [3.8, 4) is 0 Å². The first-order chi connectivity index (χ1) is 12.8. The summed E-state index contributed by atoms with van der Waals surface area (Å²) >= 11 is 0. The minimum atomic E-state index is -0.498. The highest BCUT2D eigenvalue weighted by Gasteiger charge is 2.44. The Hall–Kier alpha value is -2.28. The lowest BCUT2D eigenvalue weighted by molar-refractivity contribution is 0.0135. The molecule has 148 valence electrons. The lowest BCUT2D eigenvalue weighted by atomic mass is 10.0. The lowest BCUT2D eigenvalue weighted by Crippen LogP contribution is -2.38. The van der Waals surface area contributed by atoms with Crippen LogP contribution in [0.1, 0.15) is 32.8 Å². The molecular weight excluding hydrogens is 348 g/mol. The third kappa shape index (κ3) is 5.60. The summed E-state index contributed by atoms with van der Waals surface area (Å²) < 4.78 is 16.6. The van der Waals surface area contributed by atoms with E-state index in [1.807, 2.05) is 51.1 Å². The topological polar surface area (TPSA) is 77.1 Å². The zero-order valence-electron chi connectivity index (χ0n) is 16.1. The van der Waals surface area contributed by atoms with Gasteiger partial charge < -0.3 is 24.4 Å². The minimum absolute atomic E-state index is 0.00431. The van der Waals surface area contributed by atoms with Crippen LogP contribution in [0.15, 0.2) is 30.3 Å². The molecule has 2 fully saturated rings. The molecule has 2 aliphatic rings. The molecule has 0 saturated carbocycles. The molecule has 0 radical (unpaired) electrons. The molecule has 3 rings (SSSR count). The third-order valence-corrected chi connectivity index (χ3v) is 4.65. The number of ether oxygens (including phenoxy) is 3. The maximum atomic E-state index is 12.2. The number of nitrogens with zero attached hydrogens (tertiary/aromatic N) is 1. The summed E-state index contributed by atoms with van der Waals surface area (Å²) in [4.78, 5) is 25.7. The normalized spacial score (nSPS) is 24.4. The van der Waals surface area contributed by atoms with Crippen LogP contribution in [0.25, 0.3) is 0 Å². The van der Waals surface area contributed by atoms with Crippen LogP contribution in [0.3, 0.4) is 0 Å². The first kappa shape index (κ1) is 19.5. The number of benzene rings is 1. The van der Waals surface area contributed by atoms with Crippen molar-refractivity contribution in [3.05, 3.63) is 35.9 Å². The second-order valence-electron chi connectivity index (χ2n) is 8.12. The van der Waals surface area contributed by atoms with Crippen molar-refractivity contribution < 1.29 is 23.8 Å². The Morgan fingerprint density at radius 3 is 2.63 bits per heavy atom. The molecule has 0 aromatic heterocycles. The van der Waals surface area contributed by atoms with E-state index in [0.717, 1.165) is 12.0 Å². The summed E-state index contributed by atoms with van der Waals surface area (Å²) in [5.74, 6) is 0.282. The van der Waals surface area contributed by atoms with Crippen LogP contribution in [0.5, 0.6) is 0 Å². The monoisotopic (exact) mass is 376 g/mol. The molecular formula is C20H28N2O5. The van der Waals surface area contributed by atoms with Crippen molar-refractivity contribution in [1.29, 1.82) is 0 Å². The van der Waals surface area contributed by atoms with E-state index in [9.17, 15) is 9.59 Å². The van der Waals surface area contributed by atoms with Gasteiger partial charge in [-0.2, -0.15) is 0 Å². The Labute approximate surface area is 160 Å². The van der Waals surface area contributed by atoms with Gasteiger partial charge in [0, 0.05) is 19.0 Å². The molecule has 1 aromatic carbocycles. The number of nitrogens with one attached hydrogen (secondary N) is 1. The van der Waals surface area contributed by atoms with Crippen molar-refractivity contribution in [3.63, 3.8) is 0 Å². The highest BCUT2D eigenvalue weighted by atomic mass is 16.6. The van der Waals surface area contributed by atoms with Crippen LogP contribution in [-0.2, 0) is 20.8 Å². The third-order valence-electron chi connectivity index (χ3n) is 4.65. The molecule has 0 spiro atoms.